The second-order valence-corrected chi connectivity index (χ2v) is 5.79. The molecule has 1 N–H and O–H groups in total. The molecule has 1 rings (SSSR count). The second-order valence-electron chi connectivity index (χ2n) is 5.36. The molecule has 1 atom stereocenters. The molecule has 4 nitrogen and oxygen atoms in total. The van der Waals surface area contributed by atoms with Gasteiger partial charge in [-0.3, -0.25) is 4.79 Å². The largest absolute Gasteiger partial charge is 0.468 e. The van der Waals surface area contributed by atoms with Gasteiger partial charge in [-0.1, -0.05) is 23.7 Å². The van der Waals surface area contributed by atoms with Gasteiger partial charge in [0, 0.05) is 24.5 Å². The van der Waals surface area contributed by atoms with Crippen molar-refractivity contribution in [1.29, 1.82) is 0 Å². The summed E-state index contributed by atoms with van der Waals surface area (Å²) in [6.07, 6.45) is 0.560. The van der Waals surface area contributed by atoms with E-state index < -0.39 is 5.54 Å². The van der Waals surface area contributed by atoms with E-state index in [1.165, 1.54) is 7.11 Å². The first-order valence-corrected chi connectivity index (χ1v) is 6.98. The molecule has 0 fully saturated rings. The maximum atomic E-state index is 12.1. The first-order valence-electron chi connectivity index (χ1n) is 6.60. The number of benzene rings is 1. The van der Waals surface area contributed by atoms with Crippen LogP contribution in [0.4, 0.5) is 0 Å². The van der Waals surface area contributed by atoms with E-state index in [2.05, 4.69) is 10.2 Å². The Labute approximate surface area is 126 Å². The third-order valence-electron chi connectivity index (χ3n) is 3.18. The summed E-state index contributed by atoms with van der Waals surface area (Å²) < 4.78 is 4.93. The number of hydrogen-bond donors (Lipinski definition) is 1. The minimum absolute atomic E-state index is 0.258. The summed E-state index contributed by atoms with van der Waals surface area (Å²) in [5.74, 6) is -0.258. The molecular formula is C15H23ClN2O2. The Hall–Kier alpha value is -1.10. The van der Waals surface area contributed by atoms with Crippen LogP contribution in [0.3, 0.4) is 0 Å². The molecule has 1 aromatic carbocycles. The number of nitrogens with one attached hydrogen (secondary N) is 1. The van der Waals surface area contributed by atoms with Crippen molar-refractivity contribution in [2.45, 2.75) is 18.9 Å². The normalized spacial score (nSPS) is 14.1. The Balaban J connectivity index is 2.77. The van der Waals surface area contributed by atoms with Crippen LogP contribution in [0.1, 0.15) is 12.5 Å². The maximum Gasteiger partial charge on any atom is 0.326 e. The van der Waals surface area contributed by atoms with Crippen molar-refractivity contribution >= 4 is 17.6 Å². The van der Waals surface area contributed by atoms with E-state index in [-0.39, 0.29) is 5.97 Å². The van der Waals surface area contributed by atoms with Crippen molar-refractivity contribution in [3.63, 3.8) is 0 Å². The molecule has 0 amide bonds. The van der Waals surface area contributed by atoms with Crippen LogP contribution in [0.2, 0.25) is 5.02 Å². The lowest BCUT2D eigenvalue weighted by molar-refractivity contribution is -0.147. The highest BCUT2D eigenvalue weighted by Crippen LogP contribution is 2.17. The number of methoxy groups -OCH3 is 1. The van der Waals surface area contributed by atoms with Crippen LogP contribution >= 0.6 is 11.6 Å². The number of nitrogens with zero attached hydrogens (tertiary/aromatic N) is 1. The molecule has 0 aliphatic carbocycles. The lowest BCUT2D eigenvalue weighted by Crippen LogP contribution is -2.53. The molecule has 5 heteroatoms. The van der Waals surface area contributed by atoms with Crippen LogP contribution in [0.25, 0.3) is 0 Å². The van der Waals surface area contributed by atoms with Gasteiger partial charge >= 0.3 is 5.97 Å². The number of carbonyl (C=O) groups excluding carboxylic acids is 1. The quantitative estimate of drug-likeness (QED) is 0.782. The van der Waals surface area contributed by atoms with Gasteiger partial charge in [0.05, 0.1) is 7.11 Å². The van der Waals surface area contributed by atoms with Crippen LogP contribution in [-0.2, 0) is 16.0 Å². The molecule has 20 heavy (non-hydrogen) atoms. The van der Waals surface area contributed by atoms with Crippen molar-refractivity contribution in [2.75, 3.05) is 34.3 Å². The Morgan fingerprint density at radius 1 is 1.35 bits per heavy atom. The van der Waals surface area contributed by atoms with Gasteiger partial charge in [0.25, 0.3) is 0 Å². The summed E-state index contributed by atoms with van der Waals surface area (Å²) in [5, 5.41) is 3.98. The van der Waals surface area contributed by atoms with Gasteiger partial charge in [0.15, 0.2) is 0 Å². The van der Waals surface area contributed by atoms with Crippen LogP contribution in [0.5, 0.6) is 0 Å². The van der Waals surface area contributed by atoms with Crippen LogP contribution in [-0.4, -0.2) is 50.7 Å². The predicted octanol–water partition coefficient (Wildman–Crippen LogP) is 1.97. The average molecular weight is 299 g/mol. The topological polar surface area (TPSA) is 41.6 Å². The molecule has 1 unspecified atom stereocenters. The number of rotatable bonds is 7. The summed E-state index contributed by atoms with van der Waals surface area (Å²) in [5.41, 5.74) is 0.304. The van der Waals surface area contributed by atoms with Crippen LogP contribution in [0.15, 0.2) is 24.3 Å². The molecule has 0 saturated heterocycles. The molecule has 112 valence electrons. The standard InChI is InChI=1S/C15H23ClN2O2/c1-15(14(19)20-4,17-9-10-18(2)3)11-12-5-7-13(16)8-6-12/h5-8,17H,9-11H2,1-4H3. The highest BCUT2D eigenvalue weighted by atomic mass is 35.5. The first kappa shape index (κ1) is 17.0. The molecule has 0 aliphatic heterocycles. The van der Waals surface area contributed by atoms with E-state index in [1.54, 1.807) is 0 Å². The van der Waals surface area contributed by atoms with E-state index in [0.29, 0.717) is 18.0 Å². The van der Waals surface area contributed by atoms with E-state index in [9.17, 15) is 4.79 Å². The van der Waals surface area contributed by atoms with Crippen molar-refractivity contribution in [3.05, 3.63) is 34.9 Å². The SMILES string of the molecule is COC(=O)C(C)(Cc1ccc(Cl)cc1)NCCN(C)C. The Bertz CT molecular complexity index is 434. The number of esters is 1. The van der Waals surface area contributed by atoms with Crippen molar-refractivity contribution < 1.29 is 9.53 Å². The van der Waals surface area contributed by atoms with Crippen molar-refractivity contribution in [3.8, 4) is 0 Å². The minimum Gasteiger partial charge on any atom is -0.468 e. The molecular weight excluding hydrogens is 276 g/mol. The van der Waals surface area contributed by atoms with Crippen molar-refractivity contribution in [1.82, 2.24) is 10.2 Å². The molecule has 0 aliphatic rings. The fourth-order valence-corrected chi connectivity index (χ4v) is 2.12. The van der Waals surface area contributed by atoms with E-state index >= 15 is 0 Å². The van der Waals surface area contributed by atoms with Crippen LogP contribution in [0, 0.1) is 0 Å². The zero-order valence-electron chi connectivity index (χ0n) is 12.6. The van der Waals surface area contributed by atoms with E-state index in [4.69, 9.17) is 16.3 Å². The summed E-state index contributed by atoms with van der Waals surface area (Å²) in [6.45, 7) is 3.43. The zero-order chi connectivity index (χ0) is 15.2. The molecule has 0 saturated carbocycles. The molecule has 0 spiro atoms. The van der Waals surface area contributed by atoms with Gasteiger partial charge in [-0.05, 0) is 38.7 Å². The summed E-state index contributed by atoms with van der Waals surface area (Å²) in [6, 6.07) is 7.51. The molecule has 0 bridgehead atoms. The minimum atomic E-state index is -0.738. The molecule has 1 aromatic rings. The number of carbonyl (C=O) groups is 1. The maximum absolute atomic E-state index is 12.1. The van der Waals surface area contributed by atoms with Gasteiger partial charge in [-0.2, -0.15) is 0 Å². The van der Waals surface area contributed by atoms with Gasteiger partial charge in [-0.15, -0.1) is 0 Å². The van der Waals surface area contributed by atoms with Gasteiger partial charge in [0.2, 0.25) is 0 Å². The summed E-state index contributed by atoms with van der Waals surface area (Å²) in [4.78, 5) is 14.1. The number of hydrogen-bond acceptors (Lipinski definition) is 4. The lowest BCUT2D eigenvalue weighted by atomic mass is 9.92. The Morgan fingerprint density at radius 3 is 2.45 bits per heavy atom. The Kier molecular flexibility index (Phi) is 6.46. The smallest absolute Gasteiger partial charge is 0.326 e. The first-order chi connectivity index (χ1) is 9.37. The monoisotopic (exact) mass is 298 g/mol. The predicted molar refractivity (Wildman–Crippen MR) is 82.1 cm³/mol. The highest BCUT2D eigenvalue weighted by molar-refractivity contribution is 6.30. The zero-order valence-corrected chi connectivity index (χ0v) is 13.3. The third kappa shape index (κ3) is 5.12. The van der Waals surface area contributed by atoms with Gasteiger partial charge in [-0.25, -0.2) is 0 Å². The molecule has 0 aromatic heterocycles. The summed E-state index contributed by atoms with van der Waals surface area (Å²) >= 11 is 5.88. The van der Waals surface area contributed by atoms with Gasteiger partial charge in [0.1, 0.15) is 5.54 Å². The number of likely N-dealkylation sites (N-methyl/N-ethyl adjacent to an activating group) is 1. The average Bonchev–Trinajstić information content (AvgIpc) is 2.40. The van der Waals surface area contributed by atoms with Gasteiger partial charge < -0.3 is 15.0 Å². The highest BCUT2D eigenvalue weighted by Gasteiger charge is 2.33. The lowest BCUT2D eigenvalue weighted by Gasteiger charge is -2.29. The third-order valence-corrected chi connectivity index (χ3v) is 3.43. The number of ether oxygens (including phenoxy) is 1. The number of halogens is 1. The van der Waals surface area contributed by atoms with E-state index in [1.807, 2.05) is 45.3 Å². The fourth-order valence-electron chi connectivity index (χ4n) is 2.00. The Morgan fingerprint density at radius 2 is 1.95 bits per heavy atom. The molecule has 0 heterocycles. The van der Waals surface area contributed by atoms with Crippen molar-refractivity contribution in [2.24, 2.45) is 0 Å². The second kappa shape index (κ2) is 7.62. The van der Waals surface area contributed by atoms with Crippen LogP contribution < -0.4 is 5.32 Å². The fraction of sp³-hybridized carbons (Fsp3) is 0.533. The molecule has 0 radical (unpaired) electrons. The van der Waals surface area contributed by atoms with E-state index in [0.717, 1.165) is 12.1 Å². The summed E-state index contributed by atoms with van der Waals surface area (Å²) in [7, 11) is 5.41.